The minimum absolute atomic E-state index is 0.862. The van der Waals surface area contributed by atoms with Gasteiger partial charge in [-0.2, -0.15) is 0 Å². The largest absolute Gasteiger partial charge is 0.355 e. The lowest BCUT2D eigenvalue weighted by Crippen LogP contribution is -2.53. The predicted octanol–water partition coefficient (Wildman–Crippen LogP) is 1.65. The van der Waals surface area contributed by atoms with Crippen molar-refractivity contribution in [3.8, 4) is 0 Å². The number of aliphatic imine (C=N–C) groups is 1. The van der Waals surface area contributed by atoms with E-state index >= 15 is 0 Å². The molecule has 2 saturated carbocycles. The van der Waals surface area contributed by atoms with Crippen LogP contribution in [-0.2, 0) is 0 Å². The SMILES string of the molecule is CN=C(NCCN(CC1CC1)C1CC1)N1CCN(c2ccccn2)CC1. The highest BCUT2D eigenvalue weighted by molar-refractivity contribution is 5.80. The second-order valence-electron chi connectivity index (χ2n) is 7.81. The quantitative estimate of drug-likeness (QED) is 0.595. The van der Waals surface area contributed by atoms with E-state index in [0.29, 0.717) is 0 Å². The van der Waals surface area contributed by atoms with Crippen molar-refractivity contribution in [2.75, 3.05) is 57.8 Å². The zero-order chi connectivity index (χ0) is 17.8. The summed E-state index contributed by atoms with van der Waals surface area (Å²) in [6, 6.07) is 6.98. The molecule has 0 atom stereocenters. The van der Waals surface area contributed by atoms with Gasteiger partial charge in [0.05, 0.1) is 0 Å². The monoisotopic (exact) mass is 356 g/mol. The summed E-state index contributed by atoms with van der Waals surface area (Å²) in [5.74, 6) is 3.11. The lowest BCUT2D eigenvalue weighted by molar-refractivity contribution is 0.255. The molecule has 3 aliphatic rings. The van der Waals surface area contributed by atoms with Gasteiger partial charge in [-0.05, 0) is 43.7 Å². The van der Waals surface area contributed by atoms with E-state index in [9.17, 15) is 0 Å². The molecule has 1 aromatic heterocycles. The molecule has 142 valence electrons. The van der Waals surface area contributed by atoms with Crippen molar-refractivity contribution in [3.05, 3.63) is 24.4 Å². The second kappa shape index (κ2) is 8.25. The lowest BCUT2D eigenvalue weighted by Gasteiger charge is -2.37. The Morgan fingerprint density at radius 3 is 2.62 bits per heavy atom. The van der Waals surface area contributed by atoms with Gasteiger partial charge in [-0.3, -0.25) is 9.89 Å². The van der Waals surface area contributed by atoms with Crippen molar-refractivity contribution in [3.63, 3.8) is 0 Å². The van der Waals surface area contributed by atoms with E-state index in [1.54, 1.807) is 0 Å². The number of piperazine rings is 1. The molecule has 1 N–H and O–H groups in total. The number of pyridine rings is 1. The fourth-order valence-corrected chi connectivity index (χ4v) is 3.83. The molecule has 1 aromatic rings. The molecule has 0 unspecified atom stereocenters. The summed E-state index contributed by atoms with van der Waals surface area (Å²) in [5, 5.41) is 3.60. The molecule has 2 aliphatic carbocycles. The Kier molecular flexibility index (Phi) is 5.58. The average Bonchev–Trinajstić information content (AvgIpc) is 3.59. The zero-order valence-electron chi connectivity index (χ0n) is 16.0. The maximum atomic E-state index is 4.52. The molecule has 6 heteroatoms. The van der Waals surface area contributed by atoms with Crippen LogP contribution in [0.4, 0.5) is 5.82 Å². The number of aromatic nitrogens is 1. The highest BCUT2D eigenvalue weighted by atomic mass is 15.4. The lowest BCUT2D eigenvalue weighted by atomic mass is 10.3. The van der Waals surface area contributed by atoms with Crippen molar-refractivity contribution in [2.45, 2.75) is 31.7 Å². The van der Waals surface area contributed by atoms with Crippen LogP contribution in [0.25, 0.3) is 0 Å². The van der Waals surface area contributed by atoms with Gasteiger partial charge in [0.15, 0.2) is 5.96 Å². The van der Waals surface area contributed by atoms with Gasteiger partial charge in [-0.15, -0.1) is 0 Å². The van der Waals surface area contributed by atoms with Crippen molar-refractivity contribution in [2.24, 2.45) is 10.9 Å². The van der Waals surface area contributed by atoms with Gasteiger partial charge in [0, 0.05) is 65.1 Å². The highest BCUT2D eigenvalue weighted by Gasteiger charge is 2.33. The zero-order valence-corrected chi connectivity index (χ0v) is 16.0. The standard InChI is InChI=1S/C20H32N6/c1-21-20(23-10-11-26(18-7-8-18)16-17-5-6-17)25-14-12-24(13-15-25)19-4-2-3-9-22-19/h2-4,9,17-18H,5-8,10-16H2,1H3,(H,21,23). The maximum absolute atomic E-state index is 4.52. The first-order chi connectivity index (χ1) is 12.8. The fraction of sp³-hybridized carbons (Fsp3) is 0.700. The molecule has 0 bridgehead atoms. The Hall–Kier alpha value is -1.82. The van der Waals surface area contributed by atoms with Crippen LogP contribution in [0.2, 0.25) is 0 Å². The second-order valence-corrected chi connectivity index (χ2v) is 7.81. The van der Waals surface area contributed by atoms with Crippen LogP contribution >= 0.6 is 0 Å². The van der Waals surface area contributed by atoms with E-state index in [-0.39, 0.29) is 0 Å². The first-order valence-electron chi connectivity index (χ1n) is 10.2. The maximum Gasteiger partial charge on any atom is 0.193 e. The Bertz CT molecular complexity index is 588. The van der Waals surface area contributed by atoms with Crippen LogP contribution in [0.1, 0.15) is 25.7 Å². The molecular formula is C20H32N6. The van der Waals surface area contributed by atoms with Gasteiger partial charge in [0.25, 0.3) is 0 Å². The number of guanidine groups is 1. The number of rotatable bonds is 7. The highest BCUT2D eigenvalue weighted by Crippen LogP contribution is 2.34. The summed E-state index contributed by atoms with van der Waals surface area (Å²) in [4.78, 5) is 16.4. The fourth-order valence-electron chi connectivity index (χ4n) is 3.83. The number of hydrogen-bond acceptors (Lipinski definition) is 4. The third-order valence-corrected chi connectivity index (χ3v) is 5.70. The molecule has 3 fully saturated rings. The van der Waals surface area contributed by atoms with Crippen molar-refractivity contribution in [1.29, 1.82) is 0 Å². The van der Waals surface area contributed by atoms with Gasteiger partial charge in [0.1, 0.15) is 5.82 Å². The molecule has 6 nitrogen and oxygen atoms in total. The third kappa shape index (κ3) is 4.67. The van der Waals surface area contributed by atoms with Crippen LogP contribution < -0.4 is 10.2 Å². The molecular weight excluding hydrogens is 324 g/mol. The van der Waals surface area contributed by atoms with Crippen LogP contribution in [0.5, 0.6) is 0 Å². The predicted molar refractivity (Wildman–Crippen MR) is 107 cm³/mol. The van der Waals surface area contributed by atoms with E-state index in [0.717, 1.165) is 63.0 Å². The van der Waals surface area contributed by atoms with E-state index in [1.165, 1.54) is 32.2 Å². The van der Waals surface area contributed by atoms with Gasteiger partial charge in [-0.1, -0.05) is 6.07 Å². The molecule has 1 saturated heterocycles. The summed E-state index contributed by atoms with van der Waals surface area (Å²) in [6.45, 7) is 7.43. The van der Waals surface area contributed by atoms with Gasteiger partial charge < -0.3 is 15.1 Å². The normalized spacial score (nSPS) is 21.4. The molecule has 4 rings (SSSR count). The molecule has 1 aliphatic heterocycles. The van der Waals surface area contributed by atoms with Gasteiger partial charge in [-0.25, -0.2) is 4.98 Å². The van der Waals surface area contributed by atoms with E-state index in [1.807, 2.05) is 19.3 Å². The smallest absolute Gasteiger partial charge is 0.193 e. The molecule has 0 spiro atoms. The Morgan fingerprint density at radius 2 is 2.00 bits per heavy atom. The van der Waals surface area contributed by atoms with Crippen molar-refractivity contribution in [1.82, 2.24) is 20.1 Å². The third-order valence-electron chi connectivity index (χ3n) is 5.70. The van der Waals surface area contributed by atoms with Gasteiger partial charge in [0.2, 0.25) is 0 Å². The topological polar surface area (TPSA) is 47.0 Å². The van der Waals surface area contributed by atoms with Crippen LogP contribution in [0.15, 0.2) is 29.4 Å². The summed E-state index contributed by atoms with van der Waals surface area (Å²) >= 11 is 0. The number of anilines is 1. The number of nitrogens with zero attached hydrogens (tertiary/aromatic N) is 5. The van der Waals surface area contributed by atoms with Crippen molar-refractivity contribution >= 4 is 11.8 Å². The van der Waals surface area contributed by atoms with E-state index in [2.05, 4.69) is 42.1 Å². The minimum atomic E-state index is 0.862. The Balaban J connectivity index is 1.22. The van der Waals surface area contributed by atoms with E-state index in [4.69, 9.17) is 0 Å². The molecule has 0 amide bonds. The summed E-state index contributed by atoms with van der Waals surface area (Å²) < 4.78 is 0. The first-order valence-corrected chi connectivity index (χ1v) is 10.2. The average molecular weight is 357 g/mol. The minimum Gasteiger partial charge on any atom is -0.355 e. The van der Waals surface area contributed by atoms with E-state index < -0.39 is 0 Å². The molecule has 0 aromatic carbocycles. The van der Waals surface area contributed by atoms with Crippen LogP contribution in [0.3, 0.4) is 0 Å². The van der Waals surface area contributed by atoms with Crippen LogP contribution in [0, 0.1) is 5.92 Å². The summed E-state index contributed by atoms with van der Waals surface area (Å²) in [6.07, 6.45) is 7.56. The first kappa shape index (κ1) is 17.6. The van der Waals surface area contributed by atoms with Crippen molar-refractivity contribution < 1.29 is 0 Å². The number of hydrogen-bond donors (Lipinski definition) is 1. The molecule has 26 heavy (non-hydrogen) atoms. The Labute approximate surface area is 157 Å². The molecule has 2 heterocycles. The van der Waals surface area contributed by atoms with Gasteiger partial charge >= 0.3 is 0 Å². The number of nitrogens with one attached hydrogen (secondary N) is 1. The molecule has 0 radical (unpaired) electrons. The Morgan fingerprint density at radius 1 is 1.19 bits per heavy atom. The van der Waals surface area contributed by atoms with Crippen LogP contribution in [-0.4, -0.2) is 79.6 Å². The summed E-state index contributed by atoms with van der Waals surface area (Å²) in [7, 11) is 1.90. The summed E-state index contributed by atoms with van der Waals surface area (Å²) in [5.41, 5.74) is 0.